The molecule has 1 heterocycles. The van der Waals surface area contributed by atoms with Gasteiger partial charge in [0.25, 0.3) is 0 Å². The van der Waals surface area contributed by atoms with Gasteiger partial charge >= 0.3 is 0 Å². The van der Waals surface area contributed by atoms with E-state index in [0.717, 1.165) is 24.5 Å². The fourth-order valence-corrected chi connectivity index (χ4v) is 4.13. The van der Waals surface area contributed by atoms with Gasteiger partial charge in [0, 0.05) is 6.04 Å². The van der Waals surface area contributed by atoms with Gasteiger partial charge in [-0.15, -0.1) is 0 Å². The third-order valence-electron chi connectivity index (χ3n) is 5.45. The second-order valence-corrected chi connectivity index (χ2v) is 6.94. The maximum atomic E-state index is 6.33. The fraction of sp³-hybridized carbons (Fsp3) is 0.700. The third kappa shape index (κ3) is 4.22. The Labute approximate surface area is 146 Å². The van der Waals surface area contributed by atoms with Crippen LogP contribution in [0, 0.1) is 0 Å². The summed E-state index contributed by atoms with van der Waals surface area (Å²) in [5, 5.41) is 0. The number of likely N-dealkylation sites (tertiary alicyclic amines) is 1. The minimum atomic E-state index is 0.414. The molecule has 0 spiro atoms. The minimum absolute atomic E-state index is 0.414. The quantitative estimate of drug-likeness (QED) is 0.762. The fourth-order valence-electron chi connectivity index (χ4n) is 4.13. The molecule has 0 N–H and O–H groups in total. The Kier molecular flexibility index (Phi) is 6.38. The van der Waals surface area contributed by atoms with Crippen LogP contribution in [-0.2, 0) is 11.2 Å². The van der Waals surface area contributed by atoms with Crippen molar-refractivity contribution in [2.75, 3.05) is 33.9 Å². The second kappa shape index (κ2) is 8.72. The van der Waals surface area contributed by atoms with Gasteiger partial charge in [0.1, 0.15) is 0 Å². The largest absolute Gasteiger partial charge is 0.493 e. The summed E-state index contributed by atoms with van der Waals surface area (Å²) < 4.78 is 17.0. The van der Waals surface area contributed by atoms with Gasteiger partial charge in [0.2, 0.25) is 0 Å². The first kappa shape index (κ1) is 17.6. The van der Waals surface area contributed by atoms with E-state index in [1.54, 1.807) is 14.2 Å². The third-order valence-corrected chi connectivity index (χ3v) is 5.45. The molecule has 134 valence electrons. The van der Waals surface area contributed by atoms with Crippen LogP contribution in [0.2, 0.25) is 0 Å². The highest BCUT2D eigenvalue weighted by atomic mass is 16.5. The first-order valence-electron chi connectivity index (χ1n) is 9.38. The molecule has 1 saturated carbocycles. The van der Waals surface area contributed by atoms with Crippen LogP contribution < -0.4 is 9.47 Å². The summed E-state index contributed by atoms with van der Waals surface area (Å²) in [6.45, 7) is 3.31. The van der Waals surface area contributed by atoms with Crippen molar-refractivity contribution < 1.29 is 14.2 Å². The van der Waals surface area contributed by atoms with Crippen LogP contribution in [-0.4, -0.2) is 51.0 Å². The van der Waals surface area contributed by atoms with E-state index in [2.05, 4.69) is 17.0 Å². The highest BCUT2D eigenvalue weighted by Gasteiger charge is 2.31. The summed E-state index contributed by atoms with van der Waals surface area (Å²) in [5.41, 5.74) is 1.24. The van der Waals surface area contributed by atoms with Crippen LogP contribution in [0.25, 0.3) is 0 Å². The smallest absolute Gasteiger partial charge is 0.160 e. The number of hydrogen-bond donors (Lipinski definition) is 0. The molecule has 1 saturated heterocycles. The average molecular weight is 333 g/mol. The Morgan fingerprint density at radius 3 is 2.46 bits per heavy atom. The number of benzene rings is 1. The highest BCUT2D eigenvalue weighted by molar-refractivity contribution is 5.42. The van der Waals surface area contributed by atoms with Crippen molar-refractivity contribution in [1.82, 2.24) is 4.90 Å². The van der Waals surface area contributed by atoms with Gasteiger partial charge in [-0.25, -0.2) is 0 Å². The van der Waals surface area contributed by atoms with Gasteiger partial charge in [-0.05, 0) is 62.9 Å². The van der Waals surface area contributed by atoms with Crippen LogP contribution in [0.5, 0.6) is 11.5 Å². The van der Waals surface area contributed by atoms with E-state index in [4.69, 9.17) is 14.2 Å². The zero-order valence-electron chi connectivity index (χ0n) is 15.1. The number of rotatable bonds is 7. The van der Waals surface area contributed by atoms with Crippen molar-refractivity contribution in [2.45, 2.75) is 57.1 Å². The number of methoxy groups -OCH3 is 2. The van der Waals surface area contributed by atoms with Gasteiger partial charge in [0.05, 0.1) is 26.9 Å². The average Bonchev–Trinajstić information content (AvgIpc) is 3.16. The Morgan fingerprint density at radius 2 is 1.71 bits per heavy atom. The molecular weight excluding hydrogens is 302 g/mol. The van der Waals surface area contributed by atoms with Gasteiger partial charge in [-0.1, -0.05) is 18.9 Å². The lowest BCUT2D eigenvalue weighted by Crippen LogP contribution is -2.45. The summed E-state index contributed by atoms with van der Waals surface area (Å²) in [6.07, 6.45) is 9.24. The second-order valence-electron chi connectivity index (χ2n) is 6.94. The van der Waals surface area contributed by atoms with Gasteiger partial charge in [-0.2, -0.15) is 0 Å². The molecule has 2 atom stereocenters. The van der Waals surface area contributed by atoms with Crippen molar-refractivity contribution in [1.29, 1.82) is 0 Å². The van der Waals surface area contributed by atoms with Gasteiger partial charge < -0.3 is 14.2 Å². The lowest BCUT2D eigenvalue weighted by atomic mass is 9.91. The molecule has 0 aromatic heterocycles. The first-order valence-corrected chi connectivity index (χ1v) is 9.38. The van der Waals surface area contributed by atoms with E-state index in [9.17, 15) is 0 Å². The van der Waals surface area contributed by atoms with Crippen LogP contribution in [0.4, 0.5) is 0 Å². The van der Waals surface area contributed by atoms with E-state index in [1.807, 2.05) is 6.07 Å². The number of nitrogens with zero attached hydrogens (tertiary/aromatic N) is 1. The summed E-state index contributed by atoms with van der Waals surface area (Å²) in [7, 11) is 3.35. The van der Waals surface area contributed by atoms with Crippen molar-refractivity contribution in [3.63, 3.8) is 0 Å². The van der Waals surface area contributed by atoms with Gasteiger partial charge in [0.15, 0.2) is 11.5 Å². The standard InChI is InChI=1S/C20H31NO3/c1-22-19-10-9-16(15-20(19)23-2)11-14-24-18-8-4-3-7-17(18)21-12-5-6-13-21/h9-10,15,17-18H,3-8,11-14H2,1-2H3/t17-,18+/m0/s1. The Morgan fingerprint density at radius 1 is 0.958 bits per heavy atom. The summed E-state index contributed by atoms with van der Waals surface area (Å²) in [5.74, 6) is 1.58. The molecule has 0 bridgehead atoms. The van der Waals surface area contributed by atoms with Crippen LogP contribution in [0.15, 0.2) is 18.2 Å². The highest BCUT2D eigenvalue weighted by Crippen LogP contribution is 2.29. The van der Waals surface area contributed by atoms with E-state index in [-0.39, 0.29) is 0 Å². The van der Waals surface area contributed by atoms with E-state index < -0.39 is 0 Å². The van der Waals surface area contributed by atoms with Gasteiger partial charge in [-0.3, -0.25) is 4.90 Å². The van der Waals surface area contributed by atoms with Crippen LogP contribution in [0.3, 0.4) is 0 Å². The van der Waals surface area contributed by atoms with E-state index >= 15 is 0 Å². The molecule has 1 aromatic carbocycles. The number of ether oxygens (including phenoxy) is 3. The minimum Gasteiger partial charge on any atom is -0.493 e. The maximum Gasteiger partial charge on any atom is 0.160 e. The molecule has 4 heteroatoms. The van der Waals surface area contributed by atoms with Crippen molar-refractivity contribution in [2.24, 2.45) is 0 Å². The SMILES string of the molecule is COc1ccc(CCO[C@@H]2CCCC[C@@H]2N2CCCC2)cc1OC. The lowest BCUT2D eigenvalue weighted by molar-refractivity contribution is -0.0290. The molecule has 1 aromatic rings. The molecule has 4 nitrogen and oxygen atoms in total. The molecule has 1 aliphatic carbocycles. The molecule has 0 radical (unpaired) electrons. The zero-order chi connectivity index (χ0) is 16.8. The predicted octanol–water partition coefficient (Wildman–Crippen LogP) is 3.67. The molecule has 1 aliphatic heterocycles. The molecule has 2 fully saturated rings. The lowest BCUT2D eigenvalue weighted by Gasteiger charge is -2.37. The predicted molar refractivity (Wildman–Crippen MR) is 96.1 cm³/mol. The van der Waals surface area contributed by atoms with Crippen molar-refractivity contribution in [3.8, 4) is 11.5 Å². The molecule has 2 aliphatic rings. The maximum absolute atomic E-state index is 6.33. The van der Waals surface area contributed by atoms with Crippen LogP contribution in [0.1, 0.15) is 44.1 Å². The van der Waals surface area contributed by atoms with E-state index in [0.29, 0.717) is 12.1 Å². The Balaban J connectivity index is 1.52. The molecule has 0 unspecified atom stereocenters. The number of hydrogen-bond acceptors (Lipinski definition) is 4. The Hall–Kier alpha value is -1.26. The molecule has 24 heavy (non-hydrogen) atoms. The monoisotopic (exact) mass is 333 g/mol. The molecule has 0 amide bonds. The van der Waals surface area contributed by atoms with E-state index in [1.165, 1.54) is 57.2 Å². The summed E-state index contributed by atoms with van der Waals surface area (Å²) in [6, 6.07) is 6.78. The first-order chi connectivity index (χ1) is 11.8. The van der Waals surface area contributed by atoms with Crippen molar-refractivity contribution >= 4 is 0 Å². The Bertz CT molecular complexity index is 514. The van der Waals surface area contributed by atoms with Crippen LogP contribution >= 0.6 is 0 Å². The molecular formula is C20H31NO3. The van der Waals surface area contributed by atoms with Crippen molar-refractivity contribution in [3.05, 3.63) is 23.8 Å². The zero-order valence-corrected chi connectivity index (χ0v) is 15.1. The summed E-state index contributed by atoms with van der Waals surface area (Å²) >= 11 is 0. The topological polar surface area (TPSA) is 30.9 Å². The molecule has 3 rings (SSSR count). The normalized spacial score (nSPS) is 24.9. The summed E-state index contributed by atoms with van der Waals surface area (Å²) in [4.78, 5) is 2.67.